The van der Waals surface area contributed by atoms with Crippen LogP contribution in [0.25, 0.3) is 0 Å². The first kappa shape index (κ1) is 11.3. The molecule has 2 atom stereocenters. The van der Waals surface area contributed by atoms with E-state index >= 15 is 0 Å². The maximum absolute atomic E-state index is 10.0. The summed E-state index contributed by atoms with van der Waals surface area (Å²) in [6, 6.07) is 5.58. The zero-order valence-electron chi connectivity index (χ0n) is 9.77. The van der Waals surface area contributed by atoms with Crippen LogP contribution in [0.1, 0.15) is 37.9 Å². The molecule has 3 heteroatoms. The minimum atomic E-state index is -0.411. The molecule has 88 valence electrons. The van der Waals surface area contributed by atoms with Gasteiger partial charge in [-0.2, -0.15) is 0 Å². The lowest BCUT2D eigenvalue weighted by molar-refractivity contribution is 0.0612. The average Bonchev–Trinajstić information content (AvgIpc) is 2.28. The van der Waals surface area contributed by atoms with Crippen molar-refractivity contribution in [2.75, 3.05) is 7.11 Å². The first-order valence-electron chi connectivity index (χ1n) is 5.77. The lowest BCUT2D eigenvalue weighted by Crippen LogP contribution is -2.25. The van der Waals surface area contributed by atoms with Gasteiger partial charge < -0.3 is 14.6 Å². The third-order valence-corrected chi connectivity index (χ3v) is 2.97. The molecule has 1 aliphatic rings. The fourth-order valence-electron chi connectivity index (χ4n) is 2.12. The van der Waals surface area contributed by atoms with Crippen LogP contribution in [0.3, 0.4) is 0 Å². The Bertz CT molecular complexity index is 362. The van der Waals surface area contributed by atoms with Crippen molar-refractivity contribution in [3.05, 3.63) is 23.8 Å². The molecule has 2 rings (SSSR count). The van der Waals surface area contributed by atoms with E-state index < -0.39 is 6.10 Å². The fourth-order valence-corrected chi connectivity index (χ4v) is 2.12. The molecule has 0 saturated heterocycles. The van der Waals surface area contributed by atoms with Gasteiger partial charge in [0.2, 0.25) is 0 Å². The molecule has 1 heterocycles. The highest BCUT2D eigenvalue weighted by molar-refractivity contribution is 5.43. The minimum absolute atomic E-state index is 0.125. The molecule has 3 nitrogen and oxygen atoms in total. The Morgan fingerprint density at radius 1 is 1.50 bits per heavy atom. The molecule has 16 heavy (non-hydrogen) atoms. The molecular weight excluding hydrogens is 204 g/mol. The van der Waals surface area contributed by atoms with Crippen LogP contribution in [0, 0.1) is 0 Å². The zero-order chi connectivity index (χ0) is 11.5. The van der Waals surface area contributed by atoms with E-state index in [0.29, 0.717) is 6.42 Å². The molecule has 0 radical (unpaired) electrons. The van der Waals surface area contributed by atoms with Crippen molar-refractivity contribution >= 4 is 0 Å². The van der Waals surface area contributed by atoms with Crippen molar-refractivity contribution in [2.45, 2.75) is 38.4 Å². The van der Waals surface area contributed by atoms with Gasteiger partial charge in [0.25, 0.3) is 0 Å². The molecule has 2 unspecified atom stereocenters. The predicted molar refractivity (Wildman–Crippen MR) is 61.9 cm³/mol. The maximum atomic E-state index is 10.0. The van der Waals surface area contributed by atoms with Crippen LogP contribution in [0.5, 0.6) is 11.5 Å². The van der Waals surface area contributed by atoms with Crippen molar-refractivity contribution < 1.29 is 14.6 Å². The predicted octanol–water partition coefficient (Wildman–Crippen LogP) is 2.68. The van der Waals surface area contributed by atoms with Crippen LogP contribution >= 0.6 is 0 Å². The molecule has 0 aliphatic carbocycles. The molecule has 1 aromatic rings. The topological polar surface area (TPSA) is 38.7 Å². The summed E-state index contributed by atoms with van der Waals surface area (Å²) in [7, 11) is 1.63. The second-order valence-corrected chi connectivity index (χ2v) is 4.18. The Morgan fingerprint density at radius 3 is 3.00 bits per heavy atom. The maximum Gasteiger partial charge on any atom is 0.129 e. The number of aliphatic hydroxyl groups excluding tert-OH is 1. The van der Waals surface area contributed by atoms with E-state index in [9.17, 15) is 5.11 Å². The molecule has 0 spiro atoms. The minimum Gasteiger partial charge on any atom is -0.497 e. The van der Waals surface area contributed by atoms with Gasteiger partial charge in [0, 0.05) is 18.1 Å². The quantitative estimate of drug-likeness (QED) is 0.854. The van der Waals surface area contributed by atoms with Crippen LogP contribution in [-0.4, -0.2) is 18.3 Å². The number of fused-ring (bicyclic) bond motifs is 1. The molecule has 1 aliphatic heterocycles. The van der Waals surface area contributed by atoms with Crippen LogP contribution in [-0.2, 0) is 0 Å². The highest BCUT2D eigenvalue weighted by Crippen LogP contribution is 2.37. The first-order chi connectivity index (χ1) is 7.74. The van der Waals surface area contributed by atoms with E-state index in [0.717, 1.165) is 29.9 Å². The zero-order valence-corrected chi connectivity index (χ0v) is 9.77. The van der Waals surface area contributed by atoms with E-state index in [4.69, 9.17) is 9.47 Å². The molecular formula is C13H18O3. The van der Waals surface area contributed by atoms with Gasteiger partial charge in [0.15, 0.2) is 0 Å². The van der Waals surface area contributed by atoms with Crippen LogP contribution in [0.2, 0.25) is 0 Å². The summed E-state index contributed by atoms with van der Waals surface area (Å²) < 4.78 is 11.0. The normalized spacial score (nSPS) is 23.4. The lowest BCUT2D eigenvalue weighted by Gasteiger charge is -2.29. The fraction of sp³-hybridized carbons (Fsp3) is 0.538. The molecule has 0 fully saturated rings. The van der Waals surface area contributed by atoms with E-state index in [1.54, 1.807) is 7.11 Å². The largest absolute Gasteiger partial charge is 0.497 e. The smallest absolute Gasteiger partial charge is 0.129 e. The Morgan fingerprint density at radius 2 is 2.31 bits per heavy atom. The van der Waals surface area contributed by atoms with E-state index in [1.165, 1.54) is 0 Å². The number of aliphatic hydroxyl groups is 1. The first-order valence-corrected chi connectivity index (χ1v) is 5.77. The van der Waals surface area contributed by atoms with Crippen molar-refractivity contribution in [1.29, 1.82) is 0 Å². The summed E-state index contributed by atoms with van der Waals surface area (Å²) in [4.78, 5) is 0. The van der Waals surface area contributed by atoms with Crippen molar-refractivity contribution in [3.8, 4) is 11.5 Å². The second kappa shape index (κ2) is 4.74. The summed E-state index contributed by atoms with van der Waals surface area (Å²) in [5.41, 5.74) is 0.869. The number of hydrogen-bond donors (Lipinski definition) is 1. The van der Waals surface area contributed by atoms with Gasteiger partial charge in [0.1, 0.15) is 17.6 Å². The van der Waals surface area contributed by atoms with E-state index in [1.807, 2.05) is 18.2 Å². The van der Waals surface area contributed by atoms with Crippen LogP contribution in [0.15, 0.2) is 18.2 Å². The third kappa shape index (κ3) is 2.14. The summed E-state index contributed by atoms with van der Waals surface area (Å²) in [6.45, 7) is 2.12. The monoisotopic (exact) mass is 222 g/mol. The molecule has 1 N–H and O–H groups in total. The Hall–Kier alpha value is -1.22. The van der Waals surface area contributed by atoms with Crippen molar-refractivity contribution in [2.24, 2.45) is 0 Å². The lowest BCUT2D eigenvalue weighted by atomic mass is 9.97. The number of benzene rings is 1. The summed E-state index contributed by atoms with van der Waals surface area (Å²) >= 11 is 0. The summed E-state index contributed by atoms with van der Waals surface area (Å²) in [5.74, 6) is 1.53. The van der Waals surface area contributed by atoms with Gasteiger partial charge in [-0.05, 0) is 18.6 Å². The molecule has 0 aromatic heterocycles. The number of ether oxygens (including phenoxy) is 2. The average molecular weight is 222 g/mol. The van der Waals surface area contributed by atoms with Crippen LogP contribution < -0.4 is 9.47 Å². The van der Waals surface area contributed by atoms with Crippen molar-refractivity contribution in [1.82, 2.24) is 0 Å². The number of hydrogen-bond acceptors (Lipinski definition) is 3. The third-order valence-electron chi connectivity index (χ3n) is 2.97. The van der Waals surface area contributed by atoms with Gasteiger partial charge in [-0.25, -0.2) is 0 Å². The Kier molecular flexibility index (Phi) is 3.34. The Labute approximate surface area is 96.0 Å². The summed E-state index contributed by atoms with van der Waals surface area (Å²) in [5, 5.41) is 10.0. The SMILES string of the molecule is CCCC1CC(O)c2ccc(OC)cc2O1. The molecule has 1 aromatic carbocycles. The van der Waals surface area contributed by atoms with Crippen LogP contribution in [0.4, 0.5) is 0 Å². The second-order valence-electron chi connectivity index (χ2n) is 4.18. The number of rotatable bonds is 3. The van der Waals surface area contributed by atoms with Gasteiger partial charge in [-0.1, -0.05) is 13.3 Å². The van der Waals surface area contributed by atoms with Crippen molar-refractivity contribution in [3.63, 3.8) is 0 Å². The summed E-state index contributed by atoms with van der Waals surface area (Å²) in [6.07, 6.45) is 2.45. The van der Waals surface area contributed by atoms with Gasteiger partial charge in [-0.3, -0.25) is 0 Å². The number of methoxy groups -OCH3 is 1. The molecule has 0 bridgehead atoms. The van der Waals surface area contributed by atoms with Gasteiger partial charge >= 0.3 is 0 Å². The van der Waals surface area contributed by atoms with E-state index in [-0.39, 0.29) is 6.10 Å². The van der Waals surface area contributed by atoms with E-state index in [2.05, 4.69) is 6.92 Å². The highest BCUT2D eigenvalue weighted by atomic mass is 16.5. The van der Waals surface area contributed by atoms with Gasteiger partial charge in [0.05, 0.1) is 13.2 Å². The molecule has 0 amide bonds. The molecule has 0 saturated carbocycles. The Balaban J connectivity index is 2.24. The highest BCUT2D eigenvalue weighted by Gasteiger charge is 2.26. The standard InChI is InChI=1S/C13H18O3/c1-3-4-10-7-12(14)11-6-5-9(15-2)8-13(11)16-10/h5-6,8,10,12,14H,3-4,7H2,1-2H3. The van der Waals surface area contributed by atoms with Gasteiger partial charge in [-0.15, -0.1) is 0 Å².